The van der Waals surface area contributed by atoms with E-state index in [0.717, 1.165) is 5.39 Å². The smallest absolute Gasteiger partial charge is 0.344 e. The van der Waals surface area contributed by atoms with Gasteiger partial charge in [-0.05, 0) is 74.0 Å². The van der Waals surface area contributed by atoms with E-state index < -0.39 is 5.97 Å². The SMILES string of the molecule is CC(C)OC(=O)COc1ccc(C=Nn2c(-c3cc4cc(Cl)ccc4o3)nc3ccccc3c2=O)cc1Cl. The molecule has 0 saturated heterocycles. The van der Waals surface area contributed by atoms with Gasteiger partial charge in [-0.2, -0.15) is 9.78 Å². The molecule has 0 aliphatic rings. The second-order valence-electron chi connectivity index (χ2n) is 8.62. The summed E-state index contributed by atoms with van der Waals surface area (Å²) >= 11 is 12.5. The van der Waals surface area contributed by atoms with Crippen LogP contribution in [-0.2, 0) is 9.53 Å². The molecular formula is C28H21Cl2N3O5. The maximum Gasteiger partial charge on any atom is 0.344 e. The van der Waals surface area contributed by atoms with Gasteiger partial charge in [-0.1, -0.05) is 35.3 Å². The molecule has 10 heteroatoms. The first-order valence-electron chi connectivity index (χ1n) is 11.7. The standard InChI is InChI=1S/C28H21Cl2N3O5/c1-16(2)37-26(34)15-36-24-9-7-17(11-21(24)30)14-31-33-27(32-22-6-4-3-5-20(22)28(33)35)25-13-18-12-19(29)8-10-23(18)38-25/h3-14,16H,15H2,1-2H3. The van der Waals surface area contributed by atoms with Crippen LogP contribution < -0.4 is 10.3 Å². The second-order valence-corrected chi connectivity index (χ2v) is 9.47. The van der Waals surface area contributed by atoms with E-state index in [9.17, 15) is 9.59 Å². The van der Waals surface area contributed by atoms with Crippen molar-refractivity contribution in [3.05, 3.63) is 92.7 Å². The topological polar surface area (TPSA) is 95.9 Å². The zero-order valence-electron chi connectivity index (χ0n) is 20.4. The molecule has 5 rings (SSSR count). The number of furan rings is 1. The molecule has 0 aliphatic heterocycles. The van der Waals surface area contributed by atoms with Gasteiger partial charge in [-0.3, -0.25) is 4.79 Å². The molecular weight excluding hydrogens is 529 g/mol. The molecule has 0 unspecified atom stereocenters. The lowest BCUT2D eigenvalue weighted by Gasteiger charge is -2.10. The third-order valence-corrected chi connectivity index (χ3v) is 5.97. The van der Waals surface area contributed by atoms with Gasteiger partial charge in [-0.15, -0.1) is 0 Å². The Balaban J connectivity index is 1.50. The predicted molar refractivity (Wildman–Crippen MR) is 147 cm³/mol. The zero-order valence-corrected chi connectivity index (χ0v) is 21.9. The Morgan fingerprint density at radius 2 is 1.92 bits per heavy atom. The minimum Gasteiger partial charge on any atom is -0.480 e. The van der Waals surface area contributed by atoms with E-state index in [1.54, 1.807) is 80.6 Å². The molecule has 192 valence electrons. The Morgan fingerprint density at radius 3 is 2.71 bits per heavy atom. The number of ether oxygens (including phenoxy) is 2. The molecule has 0 atom stereocenters. The van der Waals surface area contributed by atoms with Crippen LogP contribution in [0.2, 0.25) is 10.0 Å². The third kappa shape index (κ3) is 5.41. The summed E-state index contributed by atoms with van der Waals surface area (Å²) in [6.07, 6.45) is 1.24. The van der Waals surface area contributed by atoms with Gasteiger partial charge < -0.3 is 13.9 Å². The van der Waals surface area contributed by atoms with Crippen LogP contribution in [0, 0.1) is 0 Å². The Kier molecular flexibility index (Phi) is 7.18. The van der Waals surface area contributed by atoms with Gasteiger partial charge in [-0.25, -0.2) is 9.78 Å². The Hall–Kier alpha value is -4.14. The molecule has 0 fully saturated rings. The molecule has 0 radical (unpaired) electrons. The highest BCUT2D eigenvalue weighted by Gasteiger charge is 2.17. The van der Waals surface area contributed by atoms with Crippen molar-refractivity contribution in [3.63, 3.8) is 0 Å². The van der Waals surface area contributed by atoms with Crippen LogP contribution in [0.25, 0.3) is 33.5 Å². The number of hydrogen-bond acceptors (Lipinski definition) is 7. The summed E-state index contributed by atoms with van der Waals surface area (Å²) in [4.78, 5) is 29.8. The monoisotopic (exact) mass is 549 g/mol. The summed E-state index contributed by atoms with van der Waals surface area (Å²) in [7, 11) is 0. The molecule has 0 aliphatic carbocycles. The lowest BCUT2D eigenvalue weighted by Crippen LogP contribution is -2.20. The van der Waals surface area contributed by atoms with Gasteiger partial charge in [0.05, 0.1) is 28.2 Å². The van der Waals surface area contributed by atoms with E-state index in [1.807, 2.05) is 0 Å². The number of nitrogens with zero attached hydrogens (tertiary/aromatic N) is 3. The van der Waals surface area contributed by atoms with E-state index >= 15 is 0 Å². The maximum atomic E-state index is 13.4. The Bertz CT molecular complexity index is 1760. The van der Waals surface area contributed by atoms with Crippen molar-refractivity contribution in [2.45, 2.75) is 20.0 Å². The summed E-state index contributed by atoms with van der Waals surface area (Å²) in [5.41, 5.74) is 1.34. The van der Waals surface area contributed by atoms with Crippen LogP contribution >= 0.6 is 23.2 Å². The zero-order chi connectivity index (χ0) is 26.8. The minimum absolute atomic E-state index is 0.229. The van der Waals surface area contributed by atoms with Crippen LogP contribution in [0.4, 0.5) is 0 Å². The molecule has 8 nitrogen and oxygen atoms in total. The number of rotatable bonds is 7. The normalized spacial score (nSPS) is 11.6. The van der Waals surface area contributed by atoms with E-state index in [1.165, 1.54) is 10.9 Å². The largest absolute Gasteiger partial charge is 0.480 e. The minimum atomic E-state index is -0.495. The maximum absolute atomic E-state index is 13.4. The first-order valence-corrected chi connectivity index (χ1v) is 12.4. The van der Waals surface area contributed by atoms with Gasteiger partial charge in [0.15, 0.2) is 12.4 Å². The molecule has 0 amide bonds. The highest BCUT2D eigenvalue weighted by atomic mass is 35.5. The predicted octanol–water partition coefficient (Wildman–Crippen LogP) is 6.33. The van der Waals surface area contributed by atoms with Crippen molar-refractivity contribution >= 4 is 57.3 Å². The van der Waals surface area contributed by atoms with Crippen molar-refractivity contribution in [3.8, 4) is 17.3 Å². The van der Waals surface area contributed by atoms with E-state index in [2.05, 4.69) is 10.1 Å². The summed E-state index contributed by atoms with van der Waals surface area (Å²) in [5, 5.41) is 6.43. The number of carbonyl (C=O) groups excluding carboxylic acids is 1. The van der Waals surface area contributed by atoms with Crippen molar-refractivity contribution in [2.75, 3.05) is 6.61 Å². The number of halogens is 2. The molecule has 2 heterocycles. The average molecular weight is 550 g/mol. The van der Waals surface area contributed by atoms with Crippen LogP contribution in [0.1, 0.15) is 19.4 Å². The van der Waals surface area contributed by atoms with Crippen molar-refractivity contribution in [1.82, 2.24) is 9.66 Å². The number of fused-ring (bicyclic) bond motifs is 2. The van der Waals surface area contributed by atoms with Crippen LogP contribution in [0.5, 0.6) is 5.75 Å². The lowest BCUT2D eigenvalue weighted by atomic mass is 10.2. The lowest BCUT2D eigenvalue weighted by molar-refractivity contribution is -0.149. The number of para-hydroxylation sites is 1. The fourth-order valence-electron chi connectivity index (χ4n) is 3.79. The fraction of sp³-hybridized carbons (Fsp3) is 0.143. The molecule has 0 saturated carbocycles. The molecule has 5 aromatic rings. The van der Waals surface area contributed by atoms with Crippen LogP contribution in [0.15, 0.2) is 81.0 Å². The summed E-state index contributed by atoms with van der Waals surface area (Å²) in [6, 6.07) is 18.9. The van der Waals surface area contributed by atoms with E-state index in [-0.39, 0.29) is 29.1 Å². The number of aromatic nitrogens is 2. The molecule has 3 aromatic carbocycles. The van der Waals surface area contributed by atoms with Crippen LogP contribution in [0.3, 0.4) is 0 Å². The third-order valence-electron chi connectivity index (χ3n) is 5.44. The van der Waals surface area contributed by atoms with E-state index in [4.69, 9.17) is 37.1 Å². The first kappa shape index (κ1) is 25.5. The summed E-state index contributed by atoms with van der Waals surface area (Å²) in [6.45, 7) is 3.24. The van der Waals surface area contributed by atoms with Crippen LogP contribution in [-0.4, -0.2) is 34.6 Å². The molecule has 2 aromatic heterocycles. The molecule has 0 spiro atoms. The van der Waals surface area contributed by atoms with Gasteiger partial charge in [0, 0.05) is 10.4 Å². The fourth-order valence-corrected chi connectivity index (χ4v) is 4.21. The quantitative estimate of drug-likeness (QED) is 0.174. The van der Waals surface area contributed by atoms with Crippen molar-refractivity contribution < 1.29 is 18.7 Å². The second kappa shape index (κ2) is 10.7. The molecule has 0 N–H and O–H groups in total. The van der Waals surface area contributed by atoms with E-state index in [0.29, 0.717) is 38.6 Å². The Morgan fingerprint density at radius 1 is 1.11 bits per heavy atom. The molecule has 38 heavy (non-hydrogen) atoms. The van der Waals surface area contributed by atoms with Crippen molar-refractivity contribution in [2.24, 2.45) is 5.10 Å². The van der Waals surface area contributed by atoms with Gasteiger partial charge in [0.2, 0.25) is 5.82 Å². The number of carbonyl (C=O) groups is 1. The number of hydrogen-bond donors (Lipinski definition) is 0. The van der Waals surface area contributed by atoms with Gasteiger partial charge >= 0.3 is 5.97 Å². The highest BCUT2D eigenvalue weighted by molar-refractivity contribution is 6.32. The van der Waals surface area contributed by atoms with Gasteiger partial charge in [0.25, 0.3) is 5.56 Å². The molecule has 0 bridgehead atoms. The first-order chi connectivity index (χ1) is 18.3. The summed E-state index contributed by atoms with van der Waals surface area (Å²) in [5.74, 6) is 0.408. The Labute approximate surface area is 227 Å². The average Bonchev–Trinajstić information content (AvgIpc) is 3.30. The highest BCUT2D eigenvalue weighted by Crippen LogP contribution is 2.29. The number of benzene rings is 3. The van der Waals surface area contributed by atoms with Gasteiger partial charge in [0.1, 0.15) is 11.3 Å². The summed E-state index contributed by atoms with van der Waals surface area (Å²) < 4.78 is 17.7. The number of esters is 1. The van der Waals surface area contributed by atoms with Crippen molar-refractivity contribution in [1.29, 1.82) is 0 Å².